The molecule has 9 unspecified atom stereocenters. The van der Waals surface area contributed by atoms with Crippen LogP contribution in [0.2, 0.25) is 0 Å². The maximum absolute atomic E-state index is 16.1. The van der Waals surface area contributed by atoms with E-state index in [0.717, 1.165) is 78.3 Å². The zero-order valence-corrected chi connectivity index (χ0v) is 25.8. The highest BCUT2D eigenvalue weighted by molar-refractivity contribution is 6.20. The van der Waals surface area contributed by atoms with E-state index in [0.29, 0.717) is 18.4 Å². The summed E-state index contributed by atoms with van der Waals surface area (Å²) in [4.78, 5) is 34.5. The second-order valence-corrected chi connectivity index (χ2v) is 14.2. The van der Waals surface area contributed by atoms with Crippen LogP contribution >= 0.6 is 0 Å². The first-order valence-electron chi connectivity index (χ1n) is 17.5. The van der Waals surface area contributed by atoms with Crippen molar-refractivity contribution in [2.75, 3.05) is 65.6 Å². The molecule has 1 amide bonds. The Hall–Kier alpha value is -1.59. The average Bonchev–Trinajstić information content (AvgIpc) is 3.56. The van der Waals surface area contributed by atoms with Gasteiger partial charge in [0, 0.05) is 44.8 Å². The minimum atomic E-state index is -1.19. The van der Waals surface area contributed by atoms with E-state index in [1.807, 2.05) is 6.20 Å². The molecule has 0 aromatic carbocycles. The van der Waals surface area contributed by atoms with Gasteiger partial charge in [0.1, 0.15) is 6.17 Å². The standard InChI is InChI=1S/C33H52FN5O4/c34-26-20-24-29-32(28(26)35-11-15-37-12-3-4-13-37)43-31-23-7-2-1-6-22(23)8-9-27(31)39(29)21-25(30(24)40)33(41)36-10-5-14-38-16-18-42-19-17-38/h21-24,26-29,31-32,35H,1-20H2,(H,36,41). The SMILES string of the molecule is O=C(NCCCN1CCOCC1)C1=CN2C3CCC4CCCCC4C3OC3C(NCCN4CCCC4)C(F)CC(C1=O)C32. The summed E-state index contributed by atoms with van der Waals surface area (Å²) in [7, 11) is 0. The molecule has 4 heterocycles. The van der Waals surface area contributed by atoms with Crippen molar-refractivity contribution >= 4 is 11.7 Å². The molecule has 240 valence electrons. The summed E-state index contributed by atoms with van der Waals surface area (Å²) in [6.45, 7) is 8.64. The highest BCUT2D eigenvalue weighted by Gasteiger charge is 2.60. The Kier molecular flexibility index (Phi) is 9.38. The van der Waals surface area contributed by atoms with E-state index in [4.69, 9.17) is 9.47 Å². The second-order valence-electron chi connectivity index (χ2n) is 14.2. The normalized spacial score (nSPS) is 39.9. The van der Waals surface area contributed by atoms with Gasteiger partial charge in [-0.25, -0.2) is 4.39 Å². The molecule has 9 nitrogen and oxygen atoms in total. The Morgan fingerprint density at radius 1 is 0.930 bits per heavy atom. The van der Waals surface area contributed by atoms with Gasteiger partial charge < -0.3 is 29.9 Å². The van der Waals surface area contributed by atoms with Gasteiger partial charge in [-0.05, 0) is 76.4 Å². The fourth-order valence-electron chi connectivity index (χ4n) is 9.58. The minimum Gasteiger partial charge on any atom is -0.379 e. The number of carbonyl (C=O) groups excluding carboxylic acids is 2. The summed E-state index contributed by atoms with van der Waals surface area (Å²) in [5, 5.41) is 6.60. The Morgan fingerprint density at radius 3 is 2.56 bits per heavy atom. The van der Waals surface area contributed by atoms with Crippen LogP contribution in [0.15, 0.2) is 11.8 Å². The first-order chi connectivity index (χ1) is 21.1. The van der Waals surface area contributed by atoms with Crippen molar-refractivity contribution in [2.45, 2.75) is 101 Å². The van der Waals surface area contributed by atoms with Gasteiger partial charge in [-0.1, -0.05) is 19.3 Å². The summed E-state index contributed by atoms with van der Waals surface area (Å²) in [6.07, 6.45) is 10.9. The molecule has 43 heavy (non-hydrogen) atoms. The Morgan fingerprint density at radius 2 is 1.72 bits per heavy atom. The second kappa shape index (κ2) is 13.4. The molecule has 0 aromatic rings. The third kappa shape index (κ3) is 6.16. The topological polar surface area (TPSA) is 86.4 Å². The van der Waals surface area contributed by atoms with Gasteiger partial charge in [0.05, 0.1) is 49.1 Å². The molecule has 6 fully saturated rings. The number of nitrogens with zero attached hydrogens (tertiary/aromatic N) is 3. The van der Waals surface area contributed by atoms with Crippen molar-refractivity contribution in [2.24, 2.45) is 17.8 Å². The van der Waals surface area contributed by atoms with E-state index in [1.165, 1.54) is 38.5 Å². The number of hydrogen-bond donors (Lipinski definition) is 2. The van der Waals surface area contributed by atoms with Gasteiger partial charge in [-0.2, -0.15) is 0 Å². The lowest BCUT2D eigenvalue weighted by Crippen LogP contribution is -2.74. The molecule has 3 saturated carbocycles. The lowest BCUT2D eigenvalue weighted by atomic mass is 9.64. The van der Waals surface area contributed by atoms with E-state index >= 15 is 4.39 Å². The van der Waals surface area contributed by atoms with Gasteiger partial charge in [0.2, 0.25) is 0 Å². The van der Waals surface area contributed by atoms with E-state index in [2.05, 4.69) is 25.3 Å². The van der Waals surface area contributed by atoms with Crippen molar-refractivity contribution in [1.29, 1.82) is 0 Å². The maximum Gasteiger partial charge on any atom is 0.256 e. The average molecular weight is 602 g/mol. The lowest BCUT2D eigenvalue weighted by molar-refractivity contribution is -0.220. The molecule has 0 radical (unpaired) electrons. The number of hydrogen-bond acceptors (Lipinski definition) is 8. The molecule has 9 atom stereocenters. The van der Waals surface area contributed by atoms with Gasteiger partial charge in [0.15, 0.2) is 5.78 Å². The van der Waals surface area contributed by atoms with Crippen molar-refractivity contribution in [3.8, 4) is 0 Å². The monoisotopic (exact) mass is 601 g/mol. The van der Waals surface area contributed by atoms with Crippen LogP contribution in [0.5, 0.6) is 0 Å². The van der Waals surface area contributed by atoms with E-state index < -0.39 is 24.2 Å². The van der Waals surface area contributed by atoms with Crippen molar-refractivity contribution in [3.63, 3.8) is 0 Å². The predicted molar refractivity (Wildman–Crippen MR) is 161 cm³/mol. The lowest BCUT2D eigenvalue weighted by Gasteiger charge is -2.61. The minimum absolute atomic E-state index is 0.0245. The van der Waals surface area contributed by atoms with Crippen molar-refractivity contribution in [1.82, 2.24) is 25.3 Å². The van der Waals surface area contributed by atoms with Crippen LogP contribution in [0.1, 0.15) is 64.2 Å². The highest BCUT2D eigenvalue weighted by atomic mass is 19.1. The van der Waals surface area contributed by atoms with Crippen LogP contribution in [0.4, 0.5) is 4.39 Å². The van der Waals surface area contributed by atoms with Crippen molar-refractivity contribution in [3.05, 3.63) is 11.8 Å². The van der Waals surface area contributed by atoms with Crippen LogP contribution in [0, 0.1) is 17.8 Å². The van der Waals surface area contributed by atoms with Crippen LogP contribution < -0.4 is 10.6 Å². The number of ether oxygens (including phenoxy) is 2. The fraction of sp³-hybridized carbons (Fsp3) is 0.879. The van der Waals surface area contributed by atoms with Gasteiger partial charge in [0.25, 0.3) is 5.91 Å². The van der Waals surface area contributed by atoms with Crippen molar-refractivity contribution < 1.29 is 23.5 Å². The summed E-state index contributed by atoms with van der Waals surface area (Å²) in [5.74, 6) is 0.0702. The first-order valence-corrected chi connectivity index (χ1v) is 17.5. The molecular weight excluding hydrogens is 549 g/mol. The smallest absolute Gasteiger partial charge is 0.256 e. The Bertz CT molecular complexity index is 1030. The molecular formula is C33H52FN5O4. The zero-order valence-electron chi connectivity index (χ0n) is 25.8. The zero-order chi connectivity index (χ0) is 29.3. The highest BCUT2D eigenvalue weighted by Crippen LogP contribution is 2.50. The molecule has 3 saturated heterocycles. The summed E-state index contributed by atoms with van der Waals surface area (Å²) in [6, 6.07) is -0.516. The first kappa shape index (κ1) is 30.1. The quantitative estimate of drug-likeness (QED) is 0.307. The number of likely N-dealkylation sites (tertiary alicyclic amines) is 1. The fourth-order valence-corrected chi connectivity index (χ4v) is 9.58. The van der Waals surface area contributed by atoms with Crippen LogP contribution in [-0.2, 0) is 19.1 Å². The molecule has 3 aliphatic carbocycles. The van der Waals surface area contributed by atoms with E-state index in [9.17, 15) is 9.59 Å². The number of nitrogens with one attached hydrogen (secondary N) is 2. The largest absolute Gasteiger partial charge is 0.379 e. The summed E-state index contributed by atoms with van der Waals surface area (Å²) in [5.41, 5.74) is 0.213. The number of alkyl halides is 1. The molecule has 0 spiro atoms. The summed E-state index contributed by atoms with van der Waals surface area (Å²) < 4.78 is 28.6. The predicted octanol–water partition coefficient (Wildman–Crippen LogP) is 2.11. The molecule has 0 bridgehead atoms. The number of Topliss-reactive ketones (excluding diaryl/α,β-unsaturated/α-hetero) is 1. The van der Waals surface area contributed by atoms with Crippen LogP contribution in [0.25, 0.3) is 0 Å². The van der Waals surface area contributed by atoms with Crippen LogP contribution in [0.3, 0.4) is 0 Å². The molecule has 10 heteroatoms. The van der Waals surface area contributed by atoms with E-state index in [1.54, 1.807) is 0 Å². The molecule has 0 aromatic heterocycles. The van der Waals surface area contributed by atoms with E-state index in [-0.39, 0.29) is 41.9 Å². The Balaban J connectivity index is 1.09. The molecule has 2 N–H and O–H groups in total. The molecule has 7 rings (SSSR count). The summed E-state index contributed by atoms with van der Waals surface area (Å²) >= 11 is 0. The number of carbonyl (C=O) groups is 2. The number of amides is 1. The maximum atomic E-state index is 16.1. The molecule has 4 aliphatic heterocycles. The number of fused-ring (bicyclic) bond motifs is 4. The molecule has 7 aliphatic rings. The van der Waals surface area contributed by atoms with Gasteiger partial charge in [-0.3, -0.25) is 14.5 Å². The third-order valence-corrected chi connectivity index (χ3v) is 11.8. The van der Waals surface area contributed by atoms with Crippen LogP contribution in [-0.4, -0.2) is 128 Å². The number of rotatable bonds is 9. The van der Waals surface area contributed by atoms with Gasteiger partial charge >= 0.3 is 0 Å². The number of ketones is 1. The number of halogens is 1. The third-order valence-electron chi connectivity index (χ3n) is 11.8. The van der Waals surface area contributed by atoms with Gasteiger partial charge in [-0.15, -0.1) is 0 Å². The number of morpholine rings is 2. The Labute approximate surface area is 256 Å².